The maximum atomic E-state index is 6.30. The van der Waals surface area contributed by atoms with E-state index in [1.54, 1.807) is 0 Å². The first-order chi connectivity index (χ1) is 8.69. The molecule has 19 heavy (non-hydrogen) atoms. The summed E-state index contributed by atoms with van der Waals surface area (Å²) in [5.41, 5.74) is 0.781. The molecular weight excluding hydrogens is 231 g/mol. The van der Waals surface area contributed by atoms with Crippen molar-refractivity contribution in [1.29, 1.82) is 0 Å². The fourth-order valence-corrected chi connectivity index (χ4v) is 3.68. The molecule has 0 spiro atoms. The van der Waals surface area contributed by atoms with Crippen molar-refractivity contribution < 1.29 is 4.74 Å². The molecule has 0 bridgehead atoms. The summed E-state index contributed by atoms with van der Waals surface area (Å²) in [6.45, 7) is 17.6. The first kappa shape index (κ1) is 17.1. The van der Waals surface area contributed by atoms with Crippen LogP contribution in [-0.4, -0.2) is 20.0 Å². The van der Waals surface area contributed by atoms with E-state index in [-0.39, 0.29) is 0 Å². The highest BCUT2D eigenvalue weighted by Gasteiger charge is 2.40. The van der Waals surface area contributed by atoms with E-state index in [1.165, 1.54) is 33.0 Å². The van der Waals surface area contributed by atoms with E-state index >= 15 is 0 Å². The minimum absolute atomic E-state index is 0.362. The van der Waals surface area contributed by atoms with E-state index in [1.807, 2.05) is 0 Å². The van der Waals surface area contributed by atoms with Crippen molar-refractivity contribution in [3.8, 4) is 0 Å². The van der Waals surface area contributed by atoms with Crippen LogP contribution in [0.3, 0.4) is 0 Å². The average molecular weight is 266 g/mol. The van der Waals surface area contributed by atoms with E-state index in [4.69, 9.17) is 4.74 Å². The Morgan fingerprint density at radius 1 is 1.16 bits per heavy atom. The normalized spacial score (nSPS) is 29.3. The molecular formula is C17H35BO. The standard InChI is InChI=1S/C17H35BO/c1-8-9-17(5,6)11-15-14(16(2,3)4)10-13(18-7)12-19-15/h13-15,18H,8-12H2,1-7H3. The molecule has 2 heteroatoms. The molecule has 0 radical (unpaired) electrons. The van der Waals surface area contributed by atoms with Gasteiger partial charge >= 0.3 is 0 Å². The van der Waals surface area contributed by atoms with Gasteiger partial charge in [-0.05, 0) is 41.8 Å². The predicted molar refractivity (Wildman–Crippen MR) is 87.4 cm³/mol. The highest BCUT2D eigenvalue weighted by molar-refractivity contribution is 6.35. The maximum Gasteiger partial charge on any atom is 0.123 e. The Hall–Kier alpha value is 0.0249. The summed E-state index contributed by atoms with van der Waals surface area (Å²) in [7, 11) is 1.26. The van der Waals surface area contributed by atoms with Crippen LogP contribution < -0.4 is 0 Å². The zero-order chi connectivity index (χ0) is 14.7. The fourth-order valence-electron chi connectivity index (χ4n) is 3.68. The average Bonchev–Trinajstić information content (AvgIpc) is 2.27. The molecule has 1 aliphatic rings. The molecule has 1 rings (SSSR count). The minimum Gasteiger partial charge on any atom is -0.378 e. The lowest BCUT2D eigenvalue weighted by molar-refractivity contribution is -0.0821. The van der Waals surface area contributed by atoms with Crippen LogP contribution in [0.15, 0.2) is 0 Å². The predicted octanol–water partition coefficient (Wildman–Crippen LogP) is 4.93. The van der Waals surface area contributed by atoms with Crippen LogP contribution in [0.1, 0.15) is 67.2 Å². The zero-order valence-corrected chi connectivity index (χ0v) is 14.4. The summed E-state index contributed by atoms with van der Waals surface area (Å²) in [5.74, 6) is 1.48. The smallest absolute Gasteiger partial charge is 0.123 e. The van der Waals surface area contributed by atoms with E-state index in [2.05, 4.69) is 48.4 Å². The van der Waals surface area contributed by atoms with Crippen LogP contribution >= 0.6 is 0 Å². The topological polar surface area (TPSA) is 9.23 Å². The molecule has 1 aliphatic heterocycles. The third-order valence-corrected chi connectivity index (χ3v) is 4.95. The van der Waals surface area contributed by atoms with Crippen LogP contribution in [-0.2, 0) is 4.74 Å². The summed E-state index contributed by atoms with van der Waals surface area (Å²) in [4.78, 5) is 0. The second-order valence-electron chi connectivity index (χ2n) is 8.47. The Labute approximate surface area is 122 Å². The molecule has 0 amide bonds. The van der Waals surface area contributed by atoms with Gasteiger partial charge in [0.25, 0.3) is 0 Å². The summed E-state index contributed by atoms with van der Waals surface area (Å²) in [5, 5.41) is 0. The molecule has 0 aromatic carbocycles. The lowest BCUT2D eigenvalue weighted by Crippen LogP contribution is -2.42. The largest absolute Gasteiger partial charge is 0.378 e. The highest BCUT2D eigenvalue weighted by Crippen LogP contribution is 2.44. The Morgan fingerprint density at radius 2 is 1.79 bits per heavy atom. The maximum absolute atomic E-state index is 6.30. The number of hydrogen-bond acceptors (Lipinski definition) is 1. The van der Waals surface area contributed by atoms with Crippen LogP contribution in [0, 0.1) is 16.7 Å². The van der Waals surface area contributed by atoms with Gasteiger partial charge in [-0.1, -0.05) is 54.8 Å². The third kappa shape index (κ3) is 5.13. The van der Waals surface area contributed by atoms with Crippen molar-refractivity contribution in [3.05, 3.63) is 0 Å². The van der Waals surface area contributed by atoms with E-state index < -0.39 is 0 Å². The summed E-state index contributed by atoms with van der Waals surface area (Å²) in [6.07, 6.45) is 5.62. The third-order valence-electron chi connectivity index (χ3n) is 4.95. The Balaban J connectivity index is 2.74. The van der Waals surface area contributed by atoms with Crippen molar-refractivity contribution in [2.24, 2.45) is 16.7 Å². The Morgan fingerprint density at radius 3 is 2.26 bits per heavy atom. The lowest BCUT2D eigenvalue weighted by atomic mass is 9.58. The first-order valence-electron chi connectivity index (χ1n) is 8.31. The summed E-state index contributed by atoms with van der Waals surface area (Å²) < 4.78 is 6.30. The fraction of sp³-hybridized carbons (Fsp3) is 1.00. The summed E-state index contributed by atoms with van der Waals surface area (Å²) >= 11 is 0. The van der Waals surface area contributed by atoms with Crippen molar-refractivity contribution in [2.45, 2.75) is 86.0 Å². The quantitative estimate of drug-likeness (QED) is 0.641. The molecule has 0 aromatic heterocycles. The van der Waals surface area contributed by atoms with Crippen LogP contribution in [0.25, 0.3) is 0 Å². The van der Waals surface area contributed by atoms with Gasteiger partial charge in [0.2, 0.25) is 0 Å². The minimum atomic E-state index is 0.362. The molecule has 1 fully saturated rings. The van der Waals surface area contributed by atoms with Crippen molar-refractivity contribution in [1.82, 2.24) is 0 Å². The van der Waals surface area contributed by atoms with Gasteiger partial charge in [-0.25, -0.2) is 0 Å². The number of rotatable bonds is 5. The van der Waals surface area contributed by atoms with E-state index in [0.29, 0.717) is 22.9 Å². The first-order valence-corrected chi connectivity index (χ1v) is 8.31. The number of hydrogen-bond donors (Lipinski definition) is 0. The van der Waals surface area contributed by atoms with Crippen LogP contribution in [0.5, 0.6) is 0 Å². The number of ether oxygens (including phenoxy) is 1. The van der Waals surface area contributed by atoms with Gasteiger partial charge in [0.15, 0.2) is 0 Å². The molecule has 1 heterocycles. The van der Waals surface area contributed by atoms with E-state index in [9.17, 15) is 0 Å². The van der Waals surface area contributed by atoms with E-state index in [0.717, 1.165) is 12.4 Å². The molecule has 112 valence electrons. The molecule has 0 N–H and O–H groups in total. The van der Waals surface area contributed by atoms with Gasteiger partial charge < -0.3 is 4.74 Å². The van der Waals surface area contributed by atoms with Crippen LogP contribution in [0.2, 0.25) is 12.6 Å². The van der Waals surface area contributed by atoms with Crippen molar-refractivity contribution in [2.75, 3.05) is 6.61 Å². The highest BCUT2D eigenvalue weighted by atomic mass is 16.5. The molecule has 0 aromatic rings. The second kappa shape index (κ2) is 6.65. The van der Waals surface area contributed by atoms with Gasteiger partial charge in [0, 0.05) is 6.61 Å². The summed E-state index contributed by atoms with van der Waals surface area (Å²) in [6, 6.07) is 0. The molecule has 0 saturated carbocycles. The SMILES string of the molecule is CBC1COC(CC(C)(C)CCC)C(C(C)(C)C)C1. The Bertz CT molecular complexity index is 264. The molecule has 1 nitrogen and oxygen atoms in total. The van der Waals surface area contributed by atoms with Gasteiger partial charge in [0.05, 0.1) is 6.10 Å². The van der Waals surface area contributed by atoms with Crippen molar-refractivity contribution in [3.63, 3.8) is 0 Å². The molecule has 1 saturated heterocycles. The molecule has 0 aliphatic carbocycles. The lowest BCUT2D eigenvalue weighted by Gasteiger charge is -2.45. The zero-order valence-electron chi connectivity index (χ0n) is 14.4. The monoisotopic (exact) mass is 266 g/mol. The van der Waals surface area contributed by atoms with Gasteiger partial charge in [-0.15, -0.1) is 0 Å². The Kier molecular flexibility index (Phi) is 5.98. The molecule has 3 unspecified atom stereocenters. The van der Waals surface area contributed by atoms with Crippen molar-refractivity contribution >= 4 is 7.28 Å². The van der Waals surface area contributed by atoms with Gasteiger partial charge in [-0.2, -0.15) is 0 Å². The second-order valence-corrected chi connectivity index (χ2v) is 8.47. The molecule has 3 atom stereocenters. The van der Waals surface area contributed by atoms with Crippen LogP contribution in [0.4, 0.5) is 0 Å². The van der Waals surface area contributed by atoms with Gasteiger partial charge in [0.1, 0.15) is 7.28 Å². The van der Waals surface area contributed by atoms with Gasteiger partial charge in [-0.3, -0.25) is 0 Å².